The van der Waals surface area contributed by atoms with Crippen LogP contribution in [0.15, 0.2) is 64.2 Å². The highest BCUT2D eigenvalue weighted by Gasteiger charge is 2.66. The Morgan fingerprint density at radius 3 is 2.81 bits per heavy atom. The number of hydrazine groups is 2. The van der Waals surface area contributed by atoms with Crippen molar-refractivity contribution in [2.24, 2.45) is 5.10 Å². The maximum Gasteiger partial charge on any atom is 0.352 e. The SMILES string of the molecule is COC1(NC(=O)Cc2cccs2)C(=O)N2C(C(=O)O)=C(CSN3NN=CN3c3ccccc3)CS[C@@H]21. The summed E-state index contributed by atoms with van der Waals surface area (Å²) in [5.41, 5.74) is 2.64. The number of amides is 2. The summed E-state index contributed by atoms with van der Waals surface area (Å²) in [4.78, 5) is 40.2. The molecule has 3 N–H and O–H groups in total. The first-order valence-electron chi connectivity index (χ1n) is 10.8. The van der Waals surface area contributed by atoms with E-state index in [-0.39, 0.29) is 18.0 Å². The van der Waals surface area contributed by atoms with E-state index >= 15 is 0 Å². The van der Waals surface area contributed by atoms with E-state index in [1.807, 2.05) is 47.8 Å². The maximum atomic E-state index is 13.3. The molecule has 14 heteroatoms. The molecule has 1 unspecified atom stereocenters. The molecule has 11 nitrogen and oxygen atoms in total. The Balaban J connectivity index is 1.30. The summed E-state index contributed by atoms with van der Waals surface area (Å²) in [7, 11) is 1.34. The van der Waals surface area contributed by atoms with Gasteiger partial charge in [-0.3, -0.25) is 14.5 Å². The van der Waals surface area contributed by atoms with E-state index < -0.39 is 23.0 Å². The number of thioether (sulfide) groups is 1. The van der Waals surface area contributed by atoms with Crippen LogP contribution >= 0.6 is 35.0 Å². The quantitative estimate of drug-likeness (QED) is 0.244. The lowest BCUT2D eigenvalue weighted by molar-refractivity contribution is -0.192. The van der Waals surface area contributed by atoms with Gasteiger partial charge < -0.3 is 15.2 Å². The lowest BCUT2D eigenvalue weighted by Gasteiger charge is -2.55. The van der Waals surface area contributed by atoms with Crippen LogP contribution in [0.25, 0.3) is 0 Å². The van der Waals surface area contributed by atoms with Crippen molar-refractivity contribution in [1.29, 1.82) is 0 Å². The molecule has 0 spiro atoms. The maximum absolute atomic E-state index is 13.3. The smallest absolute Gasteiger partial charge is 0.352 e. The molecule has 0 radical (unpaired) electrons. The fourth-order valence-corrected chi connectivity index (χ4v) is 7.24. The summed E-state index contributed by atoms with van der Waals surface area (Å²) in [5, 5.41) is 19.8. The van der Waals surface area contributed by atoms with E-state index in [1.54, 1.807) is 15.9 Å². The summed E-state index contributed by atoms with van der Waals surface area (Å²) in [6, 6.07) is 13.3. The molecule has 0 aliphatic carbocycles. The second-order valence-electron chi connectivity index (χ2n) is 7.91. The number of fused-ring (bicyclic) bond motifs is 1. The number of hydrazone groups is 1. The number of rotatable bonds is 9. The zero-order valence-electron chi connectivity index (χ0n) is 19.0. The predicted octanol–water partition coefficient (Wildman–Crippen LogP) is 1.84. The van der Waals surface area contributed by atoms with Crippen molar-refractivity contribution >= 4 is 64.9 Å². The van der Waals surface area contributed by atoms with Gasteiger partial charge in [0.25, 0.3) is 11.6 Å². The molecule has 2 atom stereocenters. The van der Waals surface area contributed by atoms with Gasteiger partial charge in [0, 0.05) is 23.5 Å². The van der Waals surface area contributed by atoms with Gasteiger partial charge in [0.1, 0.15) is 17.4 Å². The molecule has 36 heavy (non-hydrogen) atoms. The number of nitrogens with zero attached hydrogens (tertiary/aromatic N) is 4. The number of para-hydroxylation sites is 1. The van der Waals surface area contributed by atoms with E-state index in [9.17, 15) is 19.5 Å². The molecule has 1 fully saturated rings. The average molecular weight is 547 g/mol. The number of hydrogen-bond acceptors (Lipinski definition) is 11. The number of nitrogens with one attached hydrogen (secondary N) is 2. The van der Waals surface area contributed by atoms with Crippen LogP contribution in [0.5, 0.6) is 0 Å². The van der Waals surface area contributed by atoms with Gasteiger partial charge in [0.05, 0.1) is 12.1 Å². The van der Waals surface area contributed by atoms with Gasteiger partial charge in [-0.1, -0.05) is 28.8 Å². The van der Waals surface area contributed by atoms with Crippen LogP contribution < -0.4 is 15.9 Å². The highest BCUT2D eigenvalue weighted by Crippen LogP contribution is 2.47. The number of carboxylic acids is 1. The third-order valence-electron chi connectivity index (χ3n) is 5.76. The van der Waals surface area contributed by atoms with Crippen molar-refractivity contribution in [3.63, 3.8) is 0 Å². The van der Waals surface area contributed by atoms with Crippen molar-refractivity contribution in [2.75, 3.05) is 23.6 Å². The first-order chi connectivity index (χ1) is 17.4. The minimum atomic E-state index is -1.60. The number of ether oxygens (including phenoxy) is 1. The van der Waals surface area contributed by atoms with Crippen LogP contribution in [0.3, 0.4) is 0 Å². The third-order valence-corrected chi connectivity index (χ3v) is 8.99. The van der Waals surface area contributed by atoms with Crippen LogP contribution in [0, 0.1) is 0 Å². The lowest BCUT2D eigenvalue weighted by atomic mass is 9.98. The largest absolute Gasteiger partial charge is 0.477 e. The third kappa shape index (κ3) is 4.35. The number of carbonyl (C=O) groups excluding carboxylic acids is 2. The Bertz CT molecular complexity index is 1220. The number of thiophene rings is 1. The summed E-state index contributed by atoms with van der Waals surface area (Å²) >= 11 is 4.11. The standard InChI is InChI=1S/C22H22N6O5S3/c1-33-22(24-17(29)10-16-8-5-9-34-16)20(32)27-18(19(30)31)14(11-35-21(22)27)12-36-28-25-23-13-26(28)15-6-3-2-4-7-15/h2-9,13,21,25H,10-12H2,1H3,(H,24,29)(H,30,31)/t21-,22?/m1/s1. The topological polar surface area (TPSA) is 127 Å². The van der Waals surface area contributed by atoms with Crippen molar-refractivity contribution < 1.29 is 24.2 Å². The number of methoxy groups -OCH3 is 1. The number of anilines is 1. The van der Waals surface area contributed by atoms with Gasteiger partial charge >= 0.3 is 5.97 Å². The van der Waals surface area contributed by atoms with Gasteiger partial charge in [0.2, 0.25) is 5.91 Å². The van der Waals surface area contributed by atoms with E-state index in [2.05, 4.69) is 16.0 Å². The van der Waals surface area contributed by atoms with Crippen molar-refractivity contribution in [3.05, 3.63) is 64.0 Å². The molecule has 2 amide bonds. The minimum Gasteiger partial charge on any atom is -0.477 e. The summed E-state index contributed by atoms with van der Waals surface area (Å²) in [6.07, 6.45) is 1.73. The van der Waals surface area contributed by atoms with Gasteiger partial charge in [-0.05, 0) is 41.1 Å². The highest BCUT2D eigenvalue weighted by molar-refractivity contribution is 8.00. The number of aliphatic carboxylic acids is 1. The predicted molar refractivity (Wildman–Crippen MR) is 139 cm³/mol. The summed E-state index contributed by atoms with van der Waals surface area (Å²) in [5.74, 6) is -1.51. The van der Waals surface area contributed by atoms with Gasteiger partial charge in [-0.25, -0.2) is 15.3 Å². The van der Waals surface area contributed by atoms with Gasteiger partial charge in [-0.2, -0.15) is 5.10 Å². The molecule has 1 aromatic carbocycles. The van der Waals surface area contributed by atoms with Gasteiger partial charge in [-0.15, -0.1) is 23.1 Å². The Morgan fingerprint density at radius 1 is 1.31 bits per heavy atom. The van der Waals surface area contributed by atoms with Crippen LogP contribution in [0.4, 0.5) is 5.69 Å². The Kier molecular flexibility index (Phi) is 6.94. The Labute approximate surface area is 219 Å². The van der Waals surface area contributed by atoms with E-state index in [0.29, 0.717) is 17.1 Å². The van der Waals surface area contributed by atoms with Crippen LogP contribution in [-0.4, -0.2) is 68.4 Å². The van der Waals surface area contributed by atoms with Crippen LogP contribution in [-0.2, 0) is 25.5 Å². The fourth-order valence-electron chi connectivity index (χ4n) is 4.08. The highest BCUT2D eigenvalue weighted by atomic mass is 32.2. The molecule has 2 aromatic rings. The number of carbonyl (C=O) groups is 3. The first kappa shape index (κ1) is 24.6. The van der Waals surface area contributed by atoms with Crippen molar-refractivity contribution in [1.82, 2.24) is 20.3 Å². The molecule has 4 heterocycles. The zero-order valence-corrected chi connectivity index (χ0v) is 21.4. The minimum absolute atomic E-state index is 0.0807. The average Bonchev–Trinajstić information content (AvgIpc) is 3.57. The fraction of sp³-hybridized carbons (Fsp3) is 0.273. The zero-order chi connectivity index (χ0) is 25.3. The lowest BCUT2D eigenvalue weighted by Crippen LogP contribution is -2.80. The van der Waals surface area contributed by atoms with E-state index in [0.717, 1.165) is 10.6 Å². The van der Waals surface area contributed by atoms with Crippen LogP contribution in [0.1, 0.15) is 4.88 Å². The molecule has 188 valence electrons. The molecular formula is C22H22N6O5S3. The number of hydrogen-bond donors (Lipinski definition) is 3. The molecule has 3 aliphatic heterocycles. The normalized spacial score (nSPS) is 23.4. The summed E-state index contributed by atoms with van der Waals surface area (Å²) < 4.78 is 7.19. The molecular weight excluding hydrogens is 524 g/mol. The monoisotopic (exact) mass is 546 g/mol. The molecule has 0 saturated carbocycles. The van der Waals surface area contributed by atoms with Crippen molar-refractivity contribution in [3.8, 4) is 0 Å². The molecule has 3 aliphatic rings. The van der Waals surface area contributed by atoms with Crippen LogP contribution in [0.2, 0.25) is 0 Å². The number of benzene rings is 1. The second-order valence-corrected chi connectivity index (χ2v) is 10.9. The second kappa shape index (κ2) is 10.1. The first-order valence-corrected chi connectivity index (χ1v) is 13.7. The Morgan fingerprint density at radius 2 is 2.11 bits per heavy atom. The molecule has 0 bridgehead atoms. The van der Waals surface area contributed by atoms with Crippen molar-refractivity contribution in [2.45, 2.75) is 17.5 Å². The number of β-lactam (4-membered cyclic amide) rings is 1. The summed E-state index contributed by atoms with van der Waals surface area (Å²) in [6.45, 7) is 0. The molecule has 5 rings (SSSR count). The Hall–Kier alpha value is -3.04. The van der Waals surface area contributed by atoms with E-state index in [4.69, 9.17) is 4.74 Å². The molecule has 1 saturated heterocycles. The molecule has 1 aromatic heterocycles. The van der Waals surface area contributed by atoms with Gasteiger partial charge in [0.15, 0.2) is 0 Å². The van der Waals surface area contributed by atoms with E-state index in [1.165, 1.54) is 47.1 Å². The number of carboxylic acid groups (broad SMARTS) is 1.